The molecule has 0 spiro atoms. The van der Waals surface area contributed by atoms with Crippen LogP contribution in [0.4, 0.5) is 0 Å². The average molecular weight is 247 g/mol. The highest BCUT2D eigenvalue weighted by Gasteiger charge is 2.18. The summed E-state index contributed by atoms with van der Waals surface area (Å²) in [6.45, 7) is 2.10. The van der Waals surface area contributed by atoms with Crippen LogP contribution in [0.25, 0.3) is 0 Å². The number of unbranched alkanes of at least 4 members (excludes halogenated alkanes) is 3. The van der Waals surface area contributed by atoms with Gasteiger partial charge >= 0.3 is 5.97 Å². The first-order valence-corrected chi connectivity index (χ1v) is 6.38. The maximum Gasteiger partial charge on any atom is 0.326 e. The van der Waals surface area contributed by atoms with E-state index in [0.717, 1.165) is 25.7 Å². The maximum absolute atomic E-state index is 11.4. The molecule has 0 aliphatic carbocycles. The lowest BCUT2D eigenvalue weighted by Gasteiger charge is -2.13. The van der Waals surface area contributed by atoms with Gasteiger partial charge in [-0.2, -0.15) is 12.6 Å². The van der Waals surface area contributed by atoms with Crippen molar-refractivity contribution in [2.24, 2.45) is 0 Å². The number of nitrogens with one attached hydrogen (secondary N) is 1. The molecule has 0 fully saturated rings. The van der Waals surface area contributed by atoms with Crippen molar-refractivity contribution in [3.05, 3.63) is 0 Å². The van der Waals surface area contributed by atoms with Gasteiger partial charge in [-0.25, -0.2) is 4.79 Å². The van der Waals surface area contributed by atoms with Crippen molar-refractivity contribution in [1.29, 1.82) is 0 Å². The zero-order valence-corrected chi connectivity index (χ0v) is 10.6. The molecule has 5 heteroatoms. The number of hydrogen-bond acceptors (Lipinski definition) is 3. The Kier molecular flexibility index (Phi) is 9.09. The molecule has 1 amide bonds. The van der Waals surface area contributed by atoms with E-state index in [4.69, 9.17) is 5.11 Å². The summed E-state index contributed by atoms with van der Waals surface area (Å²) in [4.78, 5) is 22.1. The summed E-state index contributed by atoms with van der Waals surface area (Å²) in [7, 11) is 0. The van der Waals surface area contributed by atoms with E-state index in [9.17, 15) is 9.59 Å². The summed E-state index contributed by atoms with van der Waals surface area (Å²) >= 11 is 3.96. The van der Waals surface area contributed by atoms with Crippen molar-refractivity contribution in [2.45, 2.75) is 51.5 Å². The van der Waals surface area contributed by atoms with Gasteiger partial charge in [-0.15, -0.1) is 0 Å². The lowest BCUT2D eigenvalue weighted by molar-refractivity contribution is -0.141. The van der Waals surface area contributed by atoms with Crippen molar-refractivity contribution < 1.29 is 14.7 Å². The number of aliphatic carboxylic acids is 1. The first kappa shape index (κ1) is 15.3. The number of carboxylic acids is 1. The molecule has 0 saturated carbocycles. The van der Waals surface area contributed by atoms with Gasteiger partial charge in [0.1, 0.15) is 6.04 Å². The van der Waals surface area contributed by atoms with Crippen LogP contribution in [0.3, 0.4) is 0 Å². The van der Waals surface area contributed by atoms with Crippen molar-refractivity contribution in [3.63, 3.8) is 0 Å². The van der Waals surface area contributed by atoms with E-state index in [1.54, 1.807) is 0 Å². The van der Waals surface area contributed by atoms with Gasteiger partial charge in [0, 0.05) is 6.42 Å². The molecular weight excluding hydrogens is 226 g/mol. The number of carbonyl (C=O) groups excluding carboxylic acids is 1. The quantitative estimate of drug-likeness (QED) is 0.430. The molecule has 1 atom stereocenters. The van der Waals surface area contributed by atoms with Crippen LogP contribution in [-0.4, -0.2) is 28.8 Å². The zero-order chi connectivity index (χ0) is 12.4. The van der Waals surface area contributed by atoms with Crippen LogP contribution in [-0.2, 0) is 9.59 Å². The minimum absolute atomic E-state index is 0.176. The summed E-state index contributed by atoms with van der Waals surface area (Å²) in [5.74, 6) is -0.714. The second kappa shape index (κ2) is 9.51. The van der Waals surface area contributed by atoms with E-state index in [1.807, 2.05) is 0 Å². The Balaban J connectivity index is 3.77. The zero-order valence-electron chi connectivity index (χ0n) is 9.74. The Morgan fingerprint density at radius 3 is 2.50 bits per heavy atom. The van der Waals surface area contributed by atoms with Crippen molar-refractivity contribution in [2.75, 3.05) is 5.75 Å². The van der Waals surface area contributed by atoms with Gasteiger partial charge in [0.15, 0.2) is 0 Å². The molecule has 0 aromatic rings. The third-order valence-electron chi connectivity index (χ3n) is 2.31. The van der Waals surface area contributed by atoms with Gasteiger partial charge in [-0.1, -0.05) is 26.2 Å². The van der Waals surface area contributed by atoms with Crippen LogP contribution in [0.1, 0.15) is 45.4 Å². The van der Waals surface area contributed by atoms with Crippen LogP contribution in [0, 0.1) is 0 Å². The molecule has 0 saturated heterocycles. The Bertz CT molecular complexity index is 221. The fraction of sp³-hybridized carbons (Fsp3) is 0.818. The highest BCUT2D eigenvalue weighted by molar-refractivity contribution is 7.80. The minimum atomic E-state index is -0.990. The van der Waals surface area contributed by atoms with Crippen LogP contribution < -0.4 is 5.32 Å². The Morgan fingerprint density at radius 1 is 1.31 bits per heavy atom. The maximum atomic E-state index is 11.4. The van der Waals surface area contributed by atoms with Gasteiger partial charge < -0.3 is 10.4 Å². The smallest absolute Gasteiger partial charge is 0.326 e. The summed E-state index contributed by atoms with van der Waals surface area (Å²) in [6, 6.07) is -0.795. The fourth-order valence-corrected chi connectivity index (χ4v) is 1.62. The lowest BCUT2D eigenvalue weighted by Crippen LogP contribution is -2.40. The molecule has 0 unspecified atom stereocenters. The van der Waals surface area contributed by atoms with E-state index in [1.165, 1.54) is 0 Å². The molecule has 0 bridgehead atoms. The molecule has 0 aliphatic rings. The van der Waals surface area contributed by atoms with Gasteiger partial charge in [-0.05, 0) is 18.6 Å². The third kappa shape index (κ3) is 7.56. The third-order valence-corrected chi connectivity index (χ3v) is 2.57. The minimum Gasteiger partial charge on any atom is -0.480 e. The highest BCUT2D eigenvalue weighted by atomic mass is 32.1. The van der Waals surface area contributed by atoms with E-state index >= 15 is 0 Å². The number of hydrogen-bond donors (Lipinski definition) is 3. The highest BCUT2D eigenvalue weighted by Crippen LogP contribution is 2.03. The molecule has 16 heavy (non-hydrogen) atoms. The summed E-state index contributed by atoms with van der Waals surface area (Å²) < 4.78 is 0. The Morgan fingerprint density at radius 2 is 2.00 bits per heavy atom. The lowest BCUT2D eigenvalue weighted by atomic mass is 10.1. The Hall–Kier alpha value is -0.710. The van der Waals surface area contributed by atoms with Gasteiger partial charge in [0.25, 0.3) is 0 Å². The van der Waals surface area contributed by atoms with Crippen LogP contribution in [0.15, 0.2) is 0 Å². The summed E-state index contributed by atoms with van der Waals surface area (Å²) in [5, 5.41) is 11.3. The summed E-state index contributed by atoms with van der Waals surface area (Å²) in [6.07, 6.45) is 4.86. The van der Waals surface area contributed by atoms with Crippen LogP contribution >= 0.6 is 12.6 Å². The molecule has 0 aromatic heterocycles. The normalized spacial score (nSPS) is 12.1. The number of rotatable bonds is 9. The van der Waals surface area contributed by atoms with Crippen LogP contribution in [0.5, 0.6) is 0 Å². The monoisotopic (exact) mass is 247 g/mol. The van der Waals surface area contributed by atoms with E-state index in [-0.39, 0.29) is 5.91 Å². The standard InChI is InChI=1S/C11H21NO3S/c1-2-3-4-5-6-10(13)12-9(7-8-16)11(14)15/h9,16H,2-8H2,1H3,(H,12,13)(H,14,15)/t9-/m1/s1. The Labute approximate surface area is 102 Å². The molecule has 0 rings (SSSR count). The predicted octanol–water partition coefficient (Wildman–Crippen LogP) is 1.85. The molecule has 94 valence electrons. The number of carboxylic acid groups (broad SMARTS) is 1. The van der Waals surface area contributed by atoms with Crippen molar-refractivity contribution in [3.8, 4) is 0 Å². The molecule has 0 aromatic carbocycles. The predicted molar refractivity (Wildman–Crippen MR) is 66.8 cm³/mol. The van der Waals surface area contributed by atoms with Crippen LogP contribution in [0.2, 0.25) is 0 Å². The second-order valence-corrected chi connectivity index (χ2v) is 4.23. The van der Waals surface area contributed by atoms with E-state index in [2.05, 4.69) is 24.9 Å². The van der Waals surface area contributed by atoms with Crippen molar-refractivity contribution in [1.82, 2.24) is 5.32 Å². The topological polar surface area (TPSA) is 66.4 Å². The largest absolute Gasteiger partial charge is 0.480 e. The molecule has 0 heterocycles. The first-order chi connectivity index (χ1) is 7.61. The van der Waals surface area contributed by atoms with Crippen molar-refractivity contribution >= 4 is 24.5 Å². The van der Waals surface area contributed by atoms with E-state index in [0.29, 0.717) is 18.6 Å². The number of amides is 1. The summed E-state index contributed by atoms with van der Waals surface area (Å²) in [5.41, 5.74) is 0. The molecule has 0 radical (unpaired) electrons. The SMILES string of the molecule is CCCCCCC(=O)N[C@H](CCS)C(=O)O. The molecule has 4 nitrogen and oxygen atoms in total. The first-order valence-electron chi connectivity index (χ1n) is 5.74. The van der Waals surface area contributed by atoms with Gasteiger partial charge in [0.2, 0.25) is 5.91 Å². The fourth-order valence-electron chi connectivity index (χ4n) is 1.37. The molecule has 2 N–H and O–H groups in total. The van der Waals surface area contributed by atoms with E-state index < -0.39 is 12.0 Å². The molecular formula is C11H21NO3S. The molecule has 0 aliphatic heterocycles. The van der Waals surface area contributed by atoms with Gasteiger partial charge in [-0.3, -0.25) is 4.79 Å². The van der Waals surface area contributed by atoms with Gasteiger partial charge in [0.05, 0.1) is 0 Å². The number of carbonyl (C=O) groups is 2. The average Bonchev–Trinajstić information content (AvgIpc) is 2.23. The number of thiol groups is 1. The second-order valence-electron chi connectivity index (χ2n) is 3.78.